The summed E-state index contributed by atoms with van der Waals surface area (Å²) < 4.78 is 34.2. The minimum Gasteiger partial charge on any atom is -0.304 e. The van der Waals surface area contributed by atoms with Crippen molar-refractivity contribution in [2.75, 3.05) is 26.4 Å². The molecular formula is C4H8Cl2N3O4P3. The predicted octanol–water partition coefficient (Wildman–Crippen LogP) is 4.41. The summed E-state index contributed by atoms with van der Waals surface area (Å²) in [4.78, 5) is 0. The largest absolute Gasteiger partial charge is 0.347 e. The molecule has 0 aliphatic carbocycles. The summed E-state index contributed by atoms with van der Waals surface area (Å²) in [6.45, 7) is 1.70. The second-order valence-electron chi connectivity index (χ2n) is 3.04. The average Bonchev–Trinajstić information content (AvgIpc) is 2.73. The molecule has 2 fully saturated rings. The monoisotopic (exact) mass is 325 g/mol. The van der Waals surface area contributed by atoms with Crippen molar-refractivity contribution >= 4 is 43.7 Å². The lowest BCUT2D eigenvalue weighted by atomic mass is 10.8. The average molecular weight is 326 g/mol. The van der Waals surface area contributed by atoms with Gasteiger partial charge in [0.1, 0.15) is 0 Å². The molecule has 3 aliphatic heterocycles. The number of hydrogen-bond donors (Lipinski definition) is 0. The van der Waals surface area contributed by atoms with Crippen molar-refractivity contribution in [2.24, 2.45) is 13.5 Å². The van der Waals surface area contributed by atoms with Gasteiger partial charge in [0.05, 0.1) is 26.4 Å². The Bertz CT molecular complexity index is 451. The van der Waals surface area contributed by atoms with E-state index in [-0.39, 0.29) is 0 Å². The normalized spacial score (nSPS) is 33.4. The molecule has 0 aromatic carbocycles. The Morgan fingerprint density at radius 1 is 0.688 bits per heavy atom. The fraction of sp³-hybridized carbons (Fsp3) is 1.00. The van der Waals surface area contributed by atoms with Crippen LogP contribution in [0.1, 0.15) is 0 Å². The Kier molecular flexibility index (Phi) is 3.08. The van der Waals surface area contributed by atoms with E-state index < -0.39 is 21.2 Å². The summed E-state index contributed by atoms with van der Waals surface area (Å²) in [6.07, 6.45) is 0. The topological polar surface area (TPSA) is 74.0 Å². The highest BCUT2D eigenvalue weighted by atomic mass is 35.9. The summed E-state index contributed by atoms with van der Waals surface area (Å²) in [7, 11) is -5.47. The first-order valence-corrected chi connectivity index (χ1v) is 11.0. The van der Waals surface area contributed by atoms with Gasteiger partial charge in [-0.25, -0.2) is 0 Å². The van der Waals surface area contributed by atoms with Crippen LogP contribution in [0.3, 0.4) is 0 Å². The van der Waals surface area contributed by atoms with Crippen LogP contribution >= 0.6 is 43.7 Å². The molecule has 3 aliphatic rings. The molecule has 0 atom stereocenters. The molecule has 0 saturated carbocycles. The van der Waals surface area contributed by atoms with E-state index >= 15 is 0 Å². The second kappa shape index (κ2) is 4.06. The van der Waals surface area contributed by atoms with Gasteiger partial charge in [0.25, 0.3) is 5.91 Å². The molecule has 12 heteroatoms. The lowest BCUT2D eigenvalue weighted by Gasteiger charge is -2.22. The van der Waals surface area contributed by atoms with Gasteiger partial charge >= 0.3 is 15.3 Å². The highest BCUT2D eigenvalue weighted by molar-refractivity contribution is 8.13. The van der Waals surface area contributed by atoms with Gasteiger partial charge < -0.3 is 18.1 Å². The molecule has 0 aromatic heterocycles. The minimum absolute atomic E-state index is 0.425. The van der Waals surface area contributed by atoms with Crippen LogP contribution in [0.25, 0.3) is 0 Å². The lowest BCUT2D eigenvalue weighted by Crippen LogP contribution is -1.85. The molecular weight excluding hydrogens is 318 g/mol. The Labute approximate surface area is 102 Å². The Morgan fingerprint density at radius 3 is 1.62 bits per heavy atom. The molecule has 7 nitrogen and oxygen atoms in total. The first-order valence-electron chi connectivity index (χ1n) is 4.42. The van der Waals surface area contributed by atoms with Crippen molar-refractivity contribution in [1.82, 2.24) is 0 Å². The quantitative estimate of drug-likeness (QED) is 0.618. The van der Waals surface area contributed by atoms with E-state index in [0.717, 1.165) is 0 Å². The molecule has 3 heterocycles. The predicted molar refractivity (Wildman–Crippen MR) is 63.6 cm³/mol. The van der Waals surface area contributed by atoms with Crippen LogP contribution in [-0.2, 0) is 18.1 Å². The van der Waals surface area contributed by atoms with Crippen LogP contribution in [-0.4, -0.2) is 26.4 Å². The van der Waals surface area contributed by atoms with Gasteiger partial charge in [-0.05, 0) is 22.5 Å². The lowest BCUT2D eigenvalue weighted by molar-refractivity contribution is 0.365. The summed E-state index contributed by atoms with van der Waals surface area (Å²) >= 11 is 12.1. The van der Waals surface area contributed by atoms with Gasteiger partial charge in [-0.1, -0.05) is 0 Å². The number of nitrogens with zero attached hydrogens (tertiary/aromatic N) is 3. The third-order valence-electron chi connectivity index (χ3n) is 1.87. The fourth-order valence-corrected chi connectivity index (χ4v) is 12.2. The zero-order chi connectivity index (χ0) is 11.3. The standard InChI is InChI=1S/C4H8Cl2N3O4P3/c5-14(6)7-15(10-1-2-11-15)9-16(8-14)12-3-4-13-16/h1-4H2. The number of rotatable bonds is 0. The summed E-state index contributed by atoms with van der Waals surface area (Å²) in [5.74, 6) is -2.87. The third-order valence-corrected chi connectivity index (χ3v) is 11.7. The highest BCUT2D eigenvalue weighted by Gasteiger charge is 2.43. The van der Waals surface area contributed by atoms with Gasteiger partial charge in [0.2, 0.25) is 0 Å². The first-order chi connectivity index (χ1) is 7.54. The van der Waals surface area contributed by atoms with Crippen molar-refractivity contribution in [3.05, 3.63) is 0 Å². The van der Waals surface area contributed by atoms with Gasteiger partial charge in [-0.3, -0.25) is 0 Å². The molecule has 0 aromatic rings. The van der Waals surface area contributed by atoms with E-state index in [4.69, 9.17) is 40.6 Å². The molecule has 0 unspecified atom stereocenters. The minimum atomic E-state index is -2.87. The van der Waals surface area contributed by atoms with E-state index in [1.807, 2.05) is 0 Å². The van der Waals surface area contributed by atoms with Gasteiger partial charge in [-0.15, -0.1) is 4.52 Å². The molecule has 0 amide bonds. The van der Waals surface area contributed by atoms with Crippen LogP contribution in [0.5, 0.6) is 0 Å². The molecule has 16 heavy (non-hydrogen) atoms. The van der Waals surface area contributed by atoms with E-state index in [2.05, 4.69) is 13.5 Å². The Morgan fingerprint density at radius 2 is 1.12 bits per heavy atom. The maximum Gasteiger partial charge on any atom is 0.347 e. The fourth-order valence-electron chi connectivity index (χ4n) is 1.37. The van der Waals surface area contributed by atoms with E-state index in [1.54, 1.807) is 0 Å². The molecule has 0 bridgehead atoms. The van der Waals surface area contributed by atoms with Crippen molar-refractivity contribution in [1.29, 1.82) is 0 Å². The zero-order valence-corrected chi connectivity index (χ0v) is 12.1. The zero-order valence-electron chi connectivity index (χ0n) is 7.90. The molecule has 2 spiro atoms. The summed E-state index contributed by atoms with van der Waals surface area (Å²) in [5, 5.41) is 0. The van der Waals surface area contributed by atoms with E-state index in [9.17, 15) is 0 Å². The van der Waals surface area contributed by atoms with Gasteiger partial charge in [-0.2, -0.15) is 9.03 Å². The molecule has 2 saturated heterocycles. The summed E-state index contributed by atoms with van der Waals surface area (Å²) in [5.41, 5.74) is 0. The van der Waals surface area contributed by atoms with Crippen molar-refractivity contribution in [2.45, 2.75) is 0 Å². The maximum atomic E-state index is 6.03. The van der Waals surface area contributed by atoms with Gasteiger partial charge in [0, 0.05) is 0 Å². The summed E-state index contributed by atoms with van der Waals surface area (Å²) in [6, 6.07) is 0. The van der Waals surface area contributed by atoms with Gasteiger partial charge in [0.15, 0.2) is 0 Å². The number of halogens is 2. The molecule has 3 rings (SSSR count). The van der Waals surface area contributed by atoms with E-state index in [0.29, 0.717) is 26.4 Å². The van der Waals surface area contributed by atoms with Crippen LogP contribution in [0.2, 0.25) is 0 Å². The second-order valence-corrected chi connectivity index (χ2v) is 12.4. The SMILES string of the molecule is ClP1(Cl)=NP2(=NP3(=N1)OCCO3)OCCO2. The molecule has 0 radical (unpaired) electrons. The Balaban J connectivity index is 2.18. The smallest absolute Gasteiger partial charge is 0.304 e. The van der Waals surface area contributed by atoms with Crippen LogP contribution in [0.15, 0.2) is 13.5 Å². The van der Waals surface area contributed by atoms with Crippen molar-refractivity contribution < 1.29 is 18.1 Å². The van der Waals surface area contributed by atoms with Crippen molar-refractivity contribution in [3.8, 4) is 0 Å². The van der Waals surface area contributed by atoms with Crippen LogP contribution in [0.4, 0.5) is 0 Å². The maximum absolute atomic E-state index is 6.03. The van der Waals surface area contributed by atoms with Crippen molar-refractivity contribution in [3.63, 3.8) is 0 Å². The first kappa shape index (κ1) is 12.2. The molecule has 0 N–H and O–H groups in total. The van der Waals surface area contributed by atoms with E-state index in [1.165, 1.54) is 0 Å². The molecule has 92 valence electrons. The highest BCUT2D eigenvalue weighted by Crippen LogP contribution is 2.84. The van der Waals surface area contributed by atoms with Crippen LogP contribution in [0, 0.1) is 0 Å². The van der Waals surface area contributed by atoms with Crippen LogP contribution < -0.4 is 0 Å². The Hall–Kier alpha value is 1.11. The number of hydrogen-bond acceptors (Lipinski definition) is 7. The third kappa shape index (κ3) is 2.18.